The molecule has 0 aromatic carbocycles. The lowest BCUT2D eigenvalue weighted by Gasteiger charge is -2.27. The molecular formula is C16H25NO3. The second kappa shape index (κ2) is 5.38. The molecule has 0 radical (unpaired) electrons. The maximum absolute atomic E-state index is 12.8. The van der Waals surface area contributed by atoms with Crippen LogP contribution in [0.4, 0.5) is 0 Å². The molecule has 20 heavy (non-hydrogen) atoms. The van der Waals surface area contributed by atoms with E-state index in [4.69, 9.17) is 0 Å². The molecule has 0 spiro atoms. The van der Waals surface area contributed by atoms with Crippen molar-refractivity contribution in [2.45, 2.75) is 57.9 Å². The van der Waals surface area contributed by atoms with Crippen LogP contribution in [0.3, 0.4) is 0 Å². The first kappa shape index (κ1) is 13.9. The first-order chi connectivity index (χ1) is 9.60. The van der Waals surface area contributed by atoms with Gasteiger partial charge in [0, 0.05) is 12.6 Å². The second-order valence-corrected chi connectivity index (χ2v) is 6.96. The largest absolute Gasteiger partial charge is 0.481 e. The Morgan fingerprint density at radius 1 is 1.05 bits per heavy atom. The molecule has 1 N–H and O–H groups in total. The first-order valence-corrected chi connectivity index (χ1v) is 8.13. The molecule has 3 atom stereocenters. The number of carboxylic acids is 1. The highest BCUT2D eigenvalue weighted by molar-refractivity contribution is 5.85. The average Bonchev–Trinajstić information content (AvgIpc) is 3.32. The summed E-state index contributed by atoms with van der Waals surface area (Å²) >= 11 is 0. The second-order valence-electron chi connectivity index (χ2n) is 6.96. The van der Waals surface area contributed by atoms with E-state index < -0.39 is 11.9 Å². The van der Waals surface area contributed by atoms with Crippen LogP contribution in [-0.2, 0) is 9.59 Å². The Kier molecular flexibility index (Phi) is 3.74. The van der Waals surface area contributed by atoms with Crippen molar-refractivity contribution in [3.8, 4) is 0 Å². The maximum Gasteiger partial charge on any atom is 0.307 e. The molecule has 3 aliphatic rings. The number of carbonyl (C=O) groups excluding carboxylic acids is 1. The van der Waals surface area contributed by atoms with Crippen LogP contribution in [-0.4, -0.2) is 34.5 Å². The number of nitrogens with zero attached hydrogens (tertiary/aromatic N) is 1. The van der Waals surface area contributed by atoms with Crippen molar-refractivity contribution >= 4 is 11.9 Å². The van der Waals surface area contributed by atoms with Gasteiger partial charge in [-0.1, -0.05) is 13.3 Å². The topological polar surface area (TPSA) is 57.6 Å². The lowest BCUT2D eigenvalue weighted by Crippen LogP contribution is -2.41. The number of rotatable bonds is 6. The van der Waals surface area contributed by atoms with Gasteiger partial charge in [0.25, 0.3) is 0 Å². The minimum Gasteiger partial charge on any atom is -0.481 e. The molecule has 4 nitrogen and oxygen atoms in total. The Morgan fingerprint density at radius 3 is 2.20 bits per heavy atom. The van der Waals surface area contributed by atoms with Crippen LogP contribution in [0.5, 0.6) is 0 Å². The minimum atomic E-state index is -0.776. The third-order valence-corrected chi connectivity index (χ3v) is 5.29. The Labute approximate surface area is 120 Å². The molecular weight excluding hydrogens is 254 g/mol. The highest BCUT2D eigenvalue weighted by Gasteiger charge is 2.46. The number of aliphatic carboxylic acids is 1. The van der Waals surface area contributed by atoms with Gasteiger partial charge in [0.1, 0.15) is 0 Å². The zero-order valence-corrected chi connectivity index (χ0v) is 12.3. The molecule has 4 heteroatoms. The highest BCUT2D eigenvalue weighted by atomic mass is 16.4. The highest BCUT2D eigenvalue weighted by Crippen LogP contribution is 2.42. The number of hydrogen-bond acceptors (Lipinski definition) is 2. The van der Waals surface area contributed by atoms with Gasteiger partial charge in [-0.25, -0.2) is 0 Å². The molecule has 3 saturated carbocycles. The summed E-state index contributed by atoms with van der Waals surface area (Å²) in [5.74, 6) is -0.257. The lowest BCUT2D eigenvalue weighted by molar-refractivity contribution is -0.149. The first-order valence-electron chi connectivity index (χ1n) is 8.13. The van der Waals surface area contributed by atoms with E-state index in [0.29, 0.717) is 24.3 Å². The molecule has 0 aliphatic heterocycles. The van der Waals surface area contributed by atoms with Crippen LogP contribution in [0.15, 0.2) is 0 Å². The van der Waals surface area contributed by atoms with E-state index >= 15 is 0 Å². The molecule has 0 aromatic rings. The molecule has 1 unspecified atom stereocenters. The predicted octanol–water partition coefficient (Wildman–Crippen LogP) is 2.52. The molecule has 3 rings (SSSR count). The molecule has 0 bridgehead atoms. The molecule has 3 aliphatic carbocycles. The fourth-order valence-corrected chi connectivity index (χ4v) is 3.62. The Hall–Kier alpha value is -1.06. The van der Waals surface area contributed by atoms with E-state index in [1.54, 1.807) is 0 Å². The summed E-state index contributed by atoms with van der Waals surface area (Å²) in [6, 6.07) is 0.415. The van der Waals surface area contributed by atoms with Gasteiger partial charge in [0.15, 0.2) is 0 Å². The predicted molar refractivity (Wildman–Crippen MR) is 75.1 cm³/mol. The van der Waals surface area contributed by atoms with Crippen LogP contribution in [0, 0.1) is 23.7 Å². The van der Waals surface area contributed by atoms with Gasteiger partial charge < -0.3 is 10.0 Å². The van der Waals surface area contributed by atoms with Gasteiger partial charge >= 0.3 is 5.97 Å². The number of carbonyl (C=O) groups is 2. The van der Waals surface area contributed by atoms with E-state index in [0.717, 1.165) is 32.2 Å². The van der Waals surface area contributed by atoms with Gasteiger partial charge in [-0.2, -0.15) is 0 Å². The third kappa shape index (κ3) is 2.84. The summed E-state index contributed by atoms with van der Waals surface area (Å²) in [6.45, 7) is 2.97. The quantitative estimate of drug-likeness (QED) is 0.813. The Balaban J connectivity index is 1.70. The van der Waals surface area contributed by atoms with Gasteiger partial charge in [-0.15, -0.1) is 0 Å². The van der Waals surface area contributed by atoms with Gasteiger partial charge in [-0.05, 0) is 50.4 Å². The van der Waals surface area contributed by atoms with Crippen molar-refractivity contribution < 1.29 is 14.7 Å². The summed E-state index contributed by atoms with van der Waals surface area (Å²) < 4.78 is 0. The van der Waals surface area contributed by atoms with Crippen LogP contribution < -0.4 is 0 Å². The monoisotopic (exact) mass is 279 g/mol. The van der Waals surface area contributed by atoms with Crippen molar-refractivity contribution in [3.05, 3.63) is 0 Å². The average molecular weight is 279 g/mol. The fourth-order valence-electron chi connectivity index (χ4n) is 3.62. The molecule has 0 saturated heterocycles. The molecule has 112 valence electrons. The number of amides is 1. The smallest absolute Gasteiger partial charge is 0.307 e. The van der Waals surface area contributed by atoms with E-state index in [2.05, 4.69) is 6.92 Å². The van der Waals surface area contributed by atoms with Crippen molar-refractivity contribution in [2.24, 2.45) is 23.7 Å². The van der Waals surface area contributed by atoms with Gasteiger partial charge in [0.05, 0.1) is 11.8 Å². The van der Waals surface area contributed by atoms with E-state index in [1.807, 2.05) is 4.90 Å². The molecule has 0 heterocycles. The minimum absolute atomic E-state index is 0.141. The summed E-state index contributed by atoms with van der Waals surface area (Å²) in [6.07, 6.45) is 7.15. The van der Waals surface area contributed by atoms with Crippen LogP contribution in [0.2, 0.25) is 0 Å². The van der Waals surface area contributed by atoms with Crippen molar-refractivity contribution in [1.82, 2.24) is 4.90 Å². The van der Waals surface area contributed by atoms with E-state index in [1.165, 1.54) is 12.8 Å². The van der Waals surface area contributed by atoms with Crippen molar-refractivity contribution in [1.29, 1.82) is 0 Å². The van der Waals surface area contributed by atoms with Crippen LogP contribution in [0.1, 0.15) is 51.9 Å². The van der Waals surface area contributed by atoms with Gasteiger partial charge in [-0.3, -0.25) is 9.59 Å². The zero-order chi connectivity index (χ0) is 14.3. The van der Waals surface area contributed by atoms with Crippen molar-refractivity contribution in [3.63, 3.8) is 0 Å². The number of carboxylic acid groups (broad SMARTS) is 1. The Morgan fingerprint density at radius 2 is 1.70 bits per heavy atom. The third-order valence-electron chi connectivity index (χ3n) is 5.29. The molecule has 1 amide bonds. The van der Waals surface area contributed by atoms with Crippen LogP contribution >= 0.6 is 0 Å². The van der Waals surface area contributed by atoms with Crippen LogP contribution in [0.25, 0.3) is 0 Å². The lowest BCUT2D eigenvalue weighted by atomic mass is 9.94. The van der Waals surface area contributed by atoms with Crippen molar-refractivity contribution in [2.75, 3.05) is 6.54 Å². The van der Waals surface area contributed by atoms with Gasteiger partial charge in [0.2, 0.25) is 5.91 Å². The van der Waals surface area contributed by atoms with E-state index in [-0.39, 0.29) is 11.8 Å². The summed E-state index contributed by atoms with van der Waals surface area (Å²) in [4.78, 5) is 26.3. The normalized spacial score (nSPS) is 33.1. The van der Waals surface area contributed by atoms with E-state index in [9.17, 15) is 14.7 Å². The SMILES string of the molecule is CCC1C[C@H](C(=O)N(CC2CC2)C2CC2)[C@H](C(=O)O)C1. The summed E-state index contributed by atoms with van der Waals surface area (Å²) in [5, 5.41) is 9.41. The standard InChI is InChI=1S/C16H25NO3/c1-2-10-7-13(14(8-10)16(19)20)15(18)17(12-5-6-12)9-11-3-4-11/h10-14H,2-9H2,1H3,(H,19,20)/t10?,13-,14+/m0/s1. The summed E-state index contributed by atoms with van der Waals surface area (Å²) in [7, 11) is 0. The fraction of sp³-hybridized carbons (Fsp3) is 0.875. The summed E-state index contributed by atoms with van der Waals surface area (Å²) in [5.41, 5.74) is 0. The molecule has 0 aromatic heterocycles. The maximum atomic E-state index is 12.8. The zero-order valence-electron chi connectivity index (χ0n) is 12.3. The number of hydrogen-bond donors (Lipinski definition) is 1. The molecule has 3 fully saturated rings. The Bertz CT molecular complexity index is 401.